The average molecular weight is 279 g/mol. The molecule has 0 amide bonds. The zero-order chi connectivity index (χ0) is 15.2. The van der Waals surface area contributed by atoms with Crippen LogP contribution in [0.2, 0.25) is 0 Å². The third kappa shape index (κ3) is 4.28. The molecule has 1 heterocycles. The Balaban J connectivity index is 0.000000240. The summed E-state index contributed by atoms with van der Waals surface area (Å²) in [5.74, 6) is 1.07. The lowest BCUT2D eigenvalue weighted by molar-refractivity contribution is -0.148. The highest BCUT2D eigenvalue weighted by atomic mass is 16.5. The second-order valence-electron chi connectivity index (χ2n) is 4.83. The van der Waals surface area contributed by atoms with Crippen LogP contribution in [0.15, 0.2) is 40.5 Å². The van der Waals surface area contributed by atoms with Gasteiger partial charge in [0.2, 0.25) is 0 Å². The largest absolute Gasteiger partial charge is 0.481 e. The molecule has 0 fully saturated rings. The van der Waals surface area contributed by atoms with Crippen LogP contribution in [-0.4, -0.2) is 24.8 Å². The van der Waals surface area contributed by atoms with Gasteiger partial charge in [-0.1, -0.05) is 12.2 Å². The number of carboxylic acids is 1. The number of aliphatic carboxylic acids is 1. The average Bonchev–Trinajstić information content (AvgIpc) is 2.74. The van der Waals surface area contributed by atoms with E-state index in [0.717, 1.165) is 11.5 Å². The summed E-state index contributed by atoms with van der Waals surface area (Å²) in [5.41, 5.74) is 5.16. The first-order chi connectivity index (χ1) is 9.39. The van der Waals surface area contributed by atoms with Gasteiger partial charge < -0.3 is 20.0 Å². The summed E-state index contributed by atoms with van der Waals surface area (Å²) in [7, 11) is 1.48. The van der Waals surface area contributed by atoms with Crippen LogP contribution in [0.5, 0.6) is 0 Å². The van der Waals surface area contributed by atoms with E-state index in [1.807, 2.05) is 26.0 Å². The fourth-order valence-electron chi connectivity index (χ4n) is 1.96. The van der Waals surface area contributed by atoms with Crippen molar-refractivity contribution in [1.82, 2.24) is 0 Å². The molecule has 5 nitrogen and oxygen atoms in total. The van der Waals surface area contributed by atoms with Crippen LogP contribution >= 0.6 is 0 Å². The lowest BCUT2D eigenvalue weighted by Crippen LogP contribution is -2.36. The molecule has 0 radical (unpaired) electrons. The normalized spacial score (nSPS) is 20.9. The Kier molecular flexibility index (Phi) is 5.58. The van der Waals surface area contributed by atoms with Crippen molar-refractivity contribution in [2.24, 2.45) is 11.1 Å². The Morgan fingerprint density at radius 3 is 2.40 bits per heavy atom. The Morgan fingerprint density at radius 1 is 1.45 bits per heavy atom. The standard InChI is InChI=1S/C9H13NO3.C6H8O/c1-13-6-9(8(11)12)4-2-3-7(10)5-9;1-5-3-4-6(2)7-5/h2-4H,5-6,10H2,1H3,(H,11,12);3-4H,1-2H3. The molecule has 0 saturated carbocycles. The number of allylic oxidation sites excluding steroid dienone is 3. The lowest BCUT2D eigenvalue weighted by Gasteiger charge is -2.27. The maximum absolute atomic E-state index is 11.0. The molecule has 110 valence electrons. The highest BCUT2D eigenvalue weighted by Gasteiger charge is 2.37. The molecule has 1 aliphatic carbocycles. The van der Waals surface area contributed by atoms with Crippen LogP contribution in [0.25, 0.3) is 0 Å². The summed E-state index contributed by atoms with van der Waals surface area (Å²) < 4.78 is 9.96. The summed E-state index contributed by atoms with van der Waals surface area (Å²) in [6.45, 7) is 4.02. The molecule has 3 N–H and O–H groups in total. The molecule has 1 unspecified atom stereocenters. The van der Waals surface area contributed by atoms with Crippen LogP contribution < -0.4 is 5.73 Å². The van der Waals surface area contributed by atoms with Crippen molar-refractivity contribution in [3.05, 3.63) is 47.6 Å². The molecule has 0 aromatic carbocycles. The molecule has 5 heteroatoms. The Hall–Kier alpha value is -2.01. The van der Waals surface area contributed by atoms with Crippen LogP contribution in [0, 0.1) is 19.3 Å². The van der Waals surface area contributed by atoms with Gasteiger partial charge in [-0.25, -0.2) is 0 Å². The molecule has 20 heavy (non-hydrogen) atoms. The van der Waals surface area contributed by atoms with E-state index in [1.54, 1.807) is 18.2 Å². The number of furan rings is 1. The van der Waals surface area contributed by atoms with Gasteiger partial charge in [-0.05, 0) is 32.1 Å². The lowest BCUT2D eigenvalue weighted by atomic mass is 9.81. The zero-order valence-corrected chi connectivity index (χ0v) is 12.1. The van der Waals surface area contributed by atoms with Crippen LogP contribution in [-0.2, 0) is 9.53 Å². The second-order valence-corrected chi connectivity index (χ2v) is 4.83. The van der Waals surface area contributed by atoms with E-state index >= 15 is 0 Å². The monoisotopic (exact) mass is 279 g/mol. The number of hydrogen-bond acceptors (Lipinski definition) is 4. The van der Waals surface area contributed by atoms with Crippen molar-refractivity contribution in [3.63, 3.8) is 0 Å². The molecule has 1 aromatic heterocycles. The van der Waals surface area contributed by atoms with Crippen LogP contribution in [0.1, 0.15) is 17.9 Å². The predicted octanol–water partition coefficient (Wildman–Crippen LogP) is 2.40. The van der Waals surface area contributed by atoms with Gasteiger partial charge in [0.25, 0.3) is 0 Å². The van der Waals surface area contributed by atoms with Gasteiger partial charge in [0, 0.05) is 19.2 Å². The minimum Gasteiger partial charge on any atom is -0.481 e. The SMILES string of the molecule is COCC1(C(=O)O)C=CC=C(N)C1.Cc1ccc(C)o1. The van der Waals surface area contributed by atoms with Gasteiger partial charge >= 0.3 is 5.97 Å². The maximum Gasteiger partial charge on any atom is 0.316 e. The number of methoxy groups -OCH3 is 1. The molecule has 0 aliphatic heterocycles. The Bertz CT molecular complexity index is 499. The van der Waals surface area contributed by atoms with Gasteiger partial charge in [0.15, 0.2) is 0 Å². The van der Waals surface area contributed by atoms with Crippen molar-refractivity contribution in [2.75, 3.05) is 13.7 Å². The van der Waals surface area contributed by atoms with Crippen molar-refractivity contribution in [2.45, 2.75) is 20.3 Å². The van der Waals surface area contributed by atoms with Crippen LogP contribution in [0.4, 0.5) is 0 Å². The van der Waals surface area contributed by atoms with Gasteiger partial charge in [-0.2, -0.15) is 0 Å². The number of carboxylic acid groups (broad SMARTS) is 1. The minimum atomic E-state index is -0.979. The number of hydrogen-bond donors (Lipinski definition) is 2. The van der Waals surface area contributed by atoms with Crippen molar-refractivity contribution < 1.29 is 19.1 Å². The smallest absolute Gasteiger partial charge is 0.316 e. The fourth-order valence-corrected chi connectivity index (χ4v) is 1.96. The number of ether oxygens (including phenoxy) is 1. The number of aryl methyl sites for hydroxylation is 2. The van der Waals surface area contributed by atoms with Gasteiger partial charge in [-0.3, -0.25) is 4.79 Å². The Labute approximate surface area is 118 Å². The summed E-state index contributed by atoms with van der Waals surface area (Å²) in [6, 6.07) is 3.91. The van der Waals surface area contributed by atoms with Gasteiger partial charge in [0.1, 0.15) is 16.9 Å². The Morgan fingerprint density at radius 2 is 2.05 bits per heavy atom. The van der Waals surface area contributed by atoms with E-state index in [1.165, 1.54) is 7.11 Å². The van der Waals surface area contributed by atoms with Crippen molar-refractivity contribution in [1.29, 1.82) is 0 Å². The topological polar surface area (TPSA) is 85.7 Å². The minimum absolute atomic E-state index is 0.146. The first-order valence-electron chi connectivity index (χ1n) is 6.29. The third-order valence-electron chi connectivity index (χ3n) is 2.95. The predicted molar refractivity (Wildman–Crippen MR) is 76.2 cm³/mol. The van der Waals surface area contributed by atoms with E-state index in [4.69, 9.17) is 20.0 Å². The van der Waals surface area contributed by atoms with E-state index in [0.29, 0.717) is 12.1 Å². The van der Waals surface area contributed by atoms with E-state index in [2.05, 4.69) is 0 Å². The van der Waals surface area contributed by atoms with Crippen molar-refractivity contribution >= 4 is 5.97 Å². The first-order valence-corrected chi connectivity index (χ1v) is 6.29. The quantitative estimate of drug-likeness (QED) is 0.887. The number of nitrogens with two attached hydrogens (primary N) is 1. The number of rotatable bonds is 3. The van der Waals surface area contributed by atoms with E-state index in [9.17, 15) is 4.79 Å². The summed E-state index contributed by atoms with van der Waals surface area (Å²) in [6.07, 6.45) is 5.30. The molecule has 1 aromatic rings. The van der Waals surface area contributed by atoms with E-state index in [-0.39, 0.29) is 6.61 Å². The first kappa shape index (κ1) is 16.0. The molecule has 0 bridgehead atoms. The highest BCUT2D eigenvalue weighted by Crippen LogP contribution is 2.30. The van der Waals surface area contributed by atoms with Gasteiger partial charge in [0.05, 0.1) is 6.61 Å². The summed E-state index contributed by atoms with van der Waals surface area (Å²) in [5, 5.41) is 9.02. The van der Waals surface area contributed by atoms with Crippen molar-refractivity contribution in [3.8, 4) is 0 Å². The maximum atomic E-state index is 11.0. The molecule has 0 spiro atoms. The van der Waals surface area contributed by atoms with E-state index < -0.39 is 11.4 Å². The molecular weight excluding hydrogens is 258 g/mol. The summed E-state index contributed by atoms with van der Waals surface area (Å²) in [4.78, 5) is 11.0. The molecule has 1 aliphatic rings. The zero-order valence-electron chi connectivity index (χ0n) is 12.1. The molecule has 2 rings (SSSR count). The van der Waals surface area contributed by atoms with Crippen LogP contribution in [0.3, 0.4) is 0 Å². The summed E-state index contributed by atoms with van der Waals surface area (Å²) >= 11 is 0. The fraction of sp³-hybridized carbons (Fsp3) is 0.400. The van der Waals surface area contributed by atoms with Gasteiger partial charge in [-0.15, -0.1) is 0 Å². The number of carbonyl (C=O) groups is 1. The highest BCUT2D eigenvalue weighted by molar-refractivity contribution is 5.78. The molecule has 1 atom stereocenters. The third-order valence-corrected chi connectivity index (χ3v) is 2.95. The molecule has 0 saturated heterocycles. The molecular formula is C15H21NO4. The second kappa shape index (κ2) is 6.96.